The maximum atomic E-state index is 12.6. The van der Waals surface area contributed by atoms with E-state index in [-0.39, 0.29) is 5.91 Å². The highest BCUT2D eigenvalue weighted by Crippen LogP contribution is 2.23. The molecule has 30 heavy (non-hydrogen) atoms. The minimum Gasteiger partial charge on any atom is -0.351 e. The van der Waals surface area contributed by atoms with Gasteiger partial charge in [0.1, 0.15) is 0 Å². The van der Waals surface area contributed by atoms with Crippen LogP contribution in [0.4, 0.5) is 0 Å². The van der Waals surface area contributed by atoms with E-state index in [0.717, 1.165) is 47.8 Å². The lowest BCUT2D eigenvalue weighted by molar-refractivity contribution is 0.0947. The predicted octanol–water partition coefficient (Wildman–Crippen LogP) is 2.55. The summed E-state index contributed by atoms with van der Waals surface area (Å²) in [5, 5.41) is 16.3. The number of amides is 1. The van der Waals surface area contributed by atoms with Gasteiger partial charge in [-0.2, -0.15) is 15.3 Å². The van der Waals surface area contributed by atoms with Crippen molar-refractivity contribution in [2.75, 3.05) is 6.54 Å². The highest BCUT2D eigenvalue weighted by molar-refractivity contribution is 5.93. The first-order chi connectivity index (χ1) is 14.5. The summed E-state index contributed by atoms with van der Waals surface area (Å²) in [4.78, 5) is 17.0. The Morgan fingerprint density at radius 3 is 2.67 bits per heavy atom. The molecule has 9 heteroatoms. The van der Waals surface area contributed by atoms with E-state index in [4.69, 9.17) is 0 Å². The molecule has 0 fully saturated rings. The highest BCUT2D eigenvalue weighted by atomic mass is 16.1. The quantitative estimate of drug-likeness (QED) is 0.476. The van der Waals surface area contributed by atoms with E-state index in [0.29, 0.717) is 17.9 Å². The topological polar surface area (TPSA) is 94.9 Å². The van der Waals surface area contributed by atoms with E-state index in [2.05, 4.69) is 32.5 Å². The van der Waals surface area contributed by atoms with E-state index >= 15 is 0 Å². The van der Waals surface area contributed by atoms with Crippen LogP contribution in [0.25, 0.3) is 16.9 Å². The monoisotopic (exact) mass is 406 g/mol. The molecule has 0 spiro atoms. The first kappa shape index (κ1) is 19.8. The molecular formula is C21H26N8O. The Morgan fingerprint density at radius 2 is 1.97 bits per heavy atom. The summed E-state index contributed by atoms with van der Waals surface area (Å²) in [5.74, 6) is -0.208. The number of fused-ring (bicyclic) bond motifs is 1. The van der Waals surface area contributed by atoms with Crippen LogP contribution in [0.5, 0.6) is 0 Å². The number of nitrogens with zero attached hydrogens (tertiary/aromatic N) is 7. The molecule has 0 radical (unpaired) electrons. The van der Waals surface area contributed by atoms with Crippen LogP contribution in [0.1, 0.15) is 40.9 Å². The SMILES string of the molecule is CCn1ncc(-c2ccnc3cc(C(=O)NCCCn4nc(C)cc4C)nn23)c1C. The van der Waals surface area contributed by atoms with Crippen molar-refractivity contribution in [3.05, 3.63) is 53.4 Å². The van der Waals surface area contributed by atoms with Gasteiger partial charge in [-0.05, 0) is 46.2 Å². The molecule has 0 aliphatic carbocycles. The van der Waals surface area contributed by atoms with Crippen molar-refractivity contribution in [1.82, 2.24) is 39.5 Å². The lowest BCUT2D eigenvalue weighted by Crippen LogP contribution is -2.26. The maximum Gasteiger partial charge on any atom is 0.271 e. The largest absolute Gasteiger partial charge is 0.351 e. The first-order valence-corrected chi connectivity index (χ1v) is 10.1. The molecule has 0 unspecified atom stereocenters. The Kier molecular flexibility index (Phi) is 5.35. The van der Waals surface area contributed by atoms with Crippen molar-refractivity contribution in [2.45, 2.75) is 47.2 Å². The van der Waals surface area contributed by atoms with Crippen molar-refractivity contribution in [2.24, 2.45) is 0 Å². The van der Waals surface area contributed by atoms with Crippen LogP contribution in [0.15, 0.2) is 30.6 Å². The molecule has 1 N–H and O–H groups in total. The van der Waals surface area contributed by atoms with Gasteiger partial charge in [-0.1, -0.05) is 0 Å². The summed E-state index contributed by atoms with van der Waals surface area (Å²) < 4.78 is 5.59. The number of nitrogens with one attached hydrogen (secondary N) is 1. The smallest absolute Gasteiger partial charge is 0.271 e. The molecule has 0 saturated heterocycles. The number of aromatic nitrogens is 7. The second-order valence-electron chi connectivity index (χ2n) is 7.35. The summed E-state index contributed by atoms with van der Waals surface area (Å²) >= 11 is 0. The van der Waals surface area contributed by atoms with Crippen LogP contribution in [-0.4, -0.2) is 46.6 Å². The fourth-order valence-corrected chi connectivity index (χ4v) is 3.65. The fourth-order valence-electron chi connectivity index (χ4n) is 3.65. The number of carbonyl (C=O) groups is 1. The second-order valence-corrected chi connectivity index (χ2v) is 7.35. The molecule has 4 heterocycles. The number of rotatable bonds is 7. The number of aryl methyl sites for hydroxylation is 4. The predicted molar refractivity (Wildman–Crippen MR) is 113 cm³/mol. The third-order valence-corrected chi connectivity index (χ3v) is 5.20. The van der Waals surface area contributed by atoms with Gasteiger partial charge in [-0.3, -0.25) is 14.2 Å². The summed E-state index contributed by atoms with van der Waals surface area (Å²) in [6, 6.07) is 5.64. The van der Waals surface area contributed by atoms with Crippen LogP contribution in [0, 0.1) is 20.8 Å². The van der Waals surface area contributed by atoms with Crippen molar-refractivity contribution in [1.29, 1.82) is 0 Å². The van der Waals surface area contributed by atoms with Gasteiger partial charge in [0, 0.05) is 48.8 Å². The molecule has 1 amide bonds. The maximum absolute atomic E-state index is 12.6. The van der Waals surface area contributed by atoms with E-state index in [9.17, 15) is 4.79 Å². The Hall–Kier alpha value is -3.49. The average Bonchev–Trinajstić information content (AvgIpc) is 3.41. The van der Waals surface area contributed by atoms with Gasteiger partial charge >= 0.3 is 0 Å². The molecule has 0 saturated carbocycles. The molecule has 0 atom stereocenters. The lowest BCUT2D eigenvalue weighted by Gasteiger charge is -2.06. The minimum atomic E-state index is -0.208. The van der Waals surface area contributed by atoms with Crippen LogP contribution in [0.2, 0.25) is 0 Å². The molecule has 156 valence electrons. The molecule has 9 nitrogen and oxygen atoms in total. The average molecular weight is 406 g/mol. The fraction of sp³-hybridized carbons (Fsp3) is 0.381. The molecule has 0 aliphatic heterocycles. The Morgan fingerprint density at radius 1 is 1.13 bits per heavy atom. The molecule has 0 aromatic carbocycles. The number of carbonyl (C=O) groups excluding carboxylic acids is 1. The van der Waals surface area contributed by atoms with E-state index < -0.39 is 0 Å². The Labute approximate surface area is 174 Å². The van der Waals surface area contributed by atoms with Gasteiger partial charge in [0.25, 0.3) is 5.91 Å². The van der Waals surface area contributed by atoms with Gasteiger partial charge < -0.3 is 5.32 Å². The molecule has 0 aliphatic rings. The van der Waals surface area contributed by atoms with E-state index in [1.165, 1.54) is 0 Å². The summed E-state index contributed by atoms with van der Waals surface area (Å²) in [7, 11) is 0. The van der Waals surface area contributed by atoms with Gasteiger partial charge in [-0.15, -0.1) is 0 Å². The number of hydrogen-bond acceptors (Lipinski definition) is 5. The summed E-state index contributed by atoms with van der Waals surface area (Å²) in [6.07, 6.45) is 4.35. The van der Waals surface area contributed by atoms with Gasteiger partial charge in [-0.25, -0.2) is 9.50 Å². The lowest BCUT2D eigenvalue weighted by atomic mass is 10.2. The second kappa shape index (κ2) is 8.10. The van der Waals surface area contributed by atoms with E-state index in [1.807, 2.05) is 48.5 Å². The Balaban J connectivity index is 1.47. The van der Waals surface area contributed by atoms with Crippen molar-refractivity contribution < 1.29 is 4.79 Å². The summed E-state index contributed by atoms with van der Waals surface area (Å²) in [5.41, 5.74) is 6.00. The van der Waals surface area contributed by atoms with Crippen molar-refractivity contribution >= 4 is 11.6 Å². The highest BCUT2D eigenvalue weighted by Gasteiger charge is 2.16. The van der Waals surface area contributed by atoms with Crippen LogP contribution in [-0.2, 0) is 13.1 Å². The van der Waals surface area contributed by atoms with Gasteiger partial charge in [0.2, 0.25) is 0 Å². The molecule has 4 aromatic heterocycles. The zero-order valence-electron chi connectivity index (χ0n) is 17.8. The van der Waals surface area contributed by atoms with Crippen molar-refractivity contribution in [3.8, 4) is 11.3 Å². The number of hydrogen-bond donors (Lipinski definition) is 1. The molecular weight excluding hydrogens is 380 g/mol. The first-order valence-electron chi connectivity index (χ1n) is 10.1. The third-order valence-electron chi connectivity index (χ3n) is 5.20. The van der Waals surface area contributed by atoms with E-state index in [1.54, 1.807) is 16.8 Å². The minimum absolute atomic E-state index is 0.208. The molecule has 4 rings (SSSR count). The third kappa shape index (κ3) is 3.70. The zero-order valence-corrected chi connectivity index (χ0v) is 17.8. The molecule has 0 bridgehead atoms. The van der Waals surface area contributed by atoms with Gasteiger partial charge in [0.15, 0.2) is 11.3 Å². The van der Waals surface area contributed by atoms with Crippen LogP contribution >= 0.6 is 0 Å². The van der Waals surface area contributed by atoms with Crippen molar-refractivity contribution in [3.63, 3.8) is 0 Å². The van der Waals surface area contributed by atoms with Gasteiger partial charge in [0.05, 0.1) is 17.6 Å². The standard InChI is InChI=1S/C21H26N8O/c1-5-27-16(4)17(13-24-27)19-7-9-22-20-12-18(26-29(19)20)21(30)23-8-6-10-28-15(3)11-14(2)25-28/h7,9,11-13H,5-6,8,10H2,1-4H3,(H,23,30). The van der Waals surface area contributed by atoms with Crippen LogP contribution in [0.3, 0.4) is 0 Å². The Bertz CT molecular complexity index is 1200. The molecule has 4 aromatic rings. The summed E-state index contributed by atoms with van der Waals surface area (Å²) in [6.45, 7) is 10.2. The zero-order chi connectivity index (χ0) is 21.3. The van der Waals surface area contributed by atoms with Crippen LogP contribution < -0.4 is 5.32 Å². The normalized spacial score (nSPS) is 11.3.